The number of thiazole rings is 1. The van der Waals surface area contributed by atoms with Crippen LogP contribution >= 0.6 is 11.3 Å². The number of carbonyl (C=O) groups excluding carboxylic acids is 1. The van der Waals surface area contributed by atoms with Crippen LogP contribution in [-0.4, -0.2) is 16.9 Å². The van der Waals surface area contributed by atoms with Gasteiger partial charge in [-0.05, 0) is 43.0 Å². The lowest BCUT2D eigenvalue weighted by molar-refractivity contribution is 0.1000. The highest BCUT2D eigenvalue weighted by atomic mass is 32.1. The monoisotopic (exact) mass is 275 g/mol. The van der Waals surface area contributed by atoms with E-state index in [-0.39, 0.29) is 0 Å². The molecule has 0 aromatic carbocycles. The third-order valence-corrected chi connectivity index (χ3v) is 5.17. The molecule has 0 radical (unpaired) electrons. The number of nitrogens with zero attached hydrogens (tertiary/aromatic N) is 1. The predicted molar refractivity (Wildman–Crippen MR) is 76.8 cm³/mol. The highest BCUT2D eigenvalue weighted by Crippen LogP contribution is 2.49. The molecule has 1 fully saturated rings. The summed E-state index contributed by atoms with van der Waals surface area (Å²) in [4.78, 5) is 16.5. The second-order valence-electron chi connectivity index (χ2n) is 5.55. The Labute approximate surface area is 116 Å². The summed E-state index contributed by atoms with van der Waals surface area (Å²) >= 11 is 1.37. The number of carbonyl (C=O) groups is 1. The number of dihydropyridines is 1. The molecular formula is C14H17N3OS. The van der Waals surface area contributed by atoms with Crippen molar-refractivity contribution in [2.75, 3.05) is 0 Å². The van der Waals surface area contributed by atoms with Crippen molar-refractivity contribution >= 4 is 22.8 Å². The summed E-state index contributed by atoms with van der Waals surface area (Å²) < 4.78 is 0. The Balaban J connectivity index is 1.94. The van der Waals surface area contributed by atoms with E-state index < -0.39 is 5.91 Å². The van der Waals surface area contributed by atoms with E-state index in [1.54, 1.807) is 0 Å². The van der Waals surface area contributed by atoms with Crippen molar-refractivity contribution in [2.24, 2.45) is 11.1 Å². The van der Waals surface area contributed by atoms with Gasteiger partial charge in [-0.15, -0.1) is 11.3 Å². The van der Waals surface area contributed by atoms with Gasteiger partial charge in [0, 0.05) is 0 Å². The van der Waals surface area contributed by atoms with Gasteiger partial charge in [-0.1, -0.05) is 13.0 Å². The summed E-state index contributed by atoms with van der Waals surface area (Å²) in [5.74, 6) is -0.455. The van der Waals surface area contributed by atoms with Crippen LogP contribution in [0.5, 0.6) is 0 Å². The lowest BCUT2D eigenvalue weighted by atomic mass is 9.94. The number of allylic oxidation sites excluding steroid dienone is 2. The first-order valence-electron chi connectivity index (χ1n) is 6.42. The molecular weight excluding hydrogens is 258 g/mol. The van der Waals surface area contributed by atoms with E-state index in [0.717, 1.165) is 16.1 Å². The highest BCUT2D eigenvalue weighted by Gasteiger charge is 2.44. The molecule has 2 aliphatic rings. The molecule has 0 saturated heterocycles. The van der Waals surface area contributed by atoms with Crippen molar-refractivity contribution in [3.05, 3.63) is 33.9 Å². The molecule has 3 rings (SSSR count). The number of nitrogens with two attached hydrogens (primary N) is 1. The number of hydrogen-bond acceptors (Lipinski definition) is 4. The molecule has 1 atom stereocenters. The molecule has 5 heteroatoms. The maximum Gasteiger partial charge on any atom is 0.277 e. The molecule has 1 aliphatic carbocycles. The van der Waals surface area contributed by atoms with Crippen LogP contribution in [0.15, 0.2) is 18.4 Å². The van der Waals surface area contributed by atoms with Crippen molar-refractivity contribution in [3.63, 3.8) is 0 Å². The van der Waals surface area contributed by atoms with Crippen molar-refractivity contribution < 1.29 is 4.79 Å². The number of hydrogen-bond donors (Lipinski definition) is 2. The zero-order valence-corrected chi connectivity index (χ0v) is 11.9. The first-order valence-corrected chi connectivity index (χ1v) is 7.23. The molecule has 1 unspecified atom stereocenters. The minimum atomic E-state index is -0.455. The van der Waals surface area contributed by atoms with Gasteiger partial charge in [-0.25, -0.2) is 4.98 Å². The molecule has 100 valence electrons. The van der Waals surface area contributed by atoms with Crippen LogP contribution in [0.4, 0.5) is 0 Å². The van der Waals surface area contributed by atoms with E-state index in [9.17, 15) is 4.79 Å². The maximum absolute atomic E-state index is 11.2. The standard InChI is InChI=1S/C14H17N3OS/c1-8-11(19-13(17-8)12(15)18)9-3-6-16-10(7-9)14(2)4-5-14/h3,6-7,10,16H,4-5H2,1-2H3,(H2,15,18). The van der Waals surface area contributed by atoms with Crippen LogP contribution in [0.3, 0.4) is 0 Å². The number of aryl methyl sites for hydroxylation is 1. The molecule has 1 aromatic rings. The van der Waals surface area contributed by atoms with Gasteiger partial charge < -0.3 is 11.1 Å². The van der Waals surface area contributed by atoms with Crippen LogP contribution in [0, 0.1) is 12.3 Å². The smallest absolute Gasteiger partial charge is 0.277 e. The summed E-state index contributed by atoms with van der Waals surface area (Å²) in [6.45, 7) is 4.22. The Morgan fingerprint density at radius 1 is 1.58 bits per heavy atom. The normalized spacial score (nSPS) is 23.7. The second-order valence-corrected chi connectivity index (χ2v) is 6.55. The van der Waals surface area contributed by atoms with Crippen LogP contribution in [0.25, 0.3) is 5.57 Å². The van der Waals surface area contributed by atoms with E-state index in [0.29, 0.717) is 16.5 Å². The van der Waals surface area contributed by atoms with Gasteiger partial charge in [-0.2, -0.15) is 0 Å². The molecule has 1 aliphatic heterocycles. The fourth-order valence-corrected chi connectivity index (χ4v) is 3.28. The minimum Gasteiger partial charge on any atom is -0.384 e. The third-order valence-electron chi connectivity index (χ3n) is 3.94. The van der Waals surface area contributed by atoms with Gasteiger partial charge in [0.1, 0.15) is 0 Å². The molecule has 1 aromatic heterocycles. The predicted octanol–water partition coefficient (Wildman–Crippen LogP) is 2.22. The van der Waals surface area contributed by atoms with E-state index in [1.165, 1.54) is 24.2 Å². The Kier molecular flexibility index (Phi) is 2.74. The van der Waals surface area contributed by atoms with E-state index in [4.69, 9.17) is 5.73 Å². The van der Waals surface area contributed by atoms with Crippen molar-refractivity contribution in [1.82, 2.24) is 10.3 Å². The Morgan fingerprint density at radius 2 is 2.32 bits per heavy atom. The zero-order chi connectivity index (χ0) is 13.6. The maximum atomic E-state index is 11.2. The van der Waals surface area contributed by atoms with Gasteiger partial charge in [0.2, 0.25) is 0 Å². The summed E-state index contributed by atoms with van der Waals surface area (Å²) in [5, 5.41) is 3.79. The summed E-state index contributed by atoms with van der Waals surface area (Å²) in [6.07, 6.45) is 8.80. The number of amides is 1. The number of primary amides is 1. The highest BCUT2D eigenvalue weighted by molar-refractivity contribution is 7.14. The van der Waals surface area contributed by atoms with Crippen molar-refractivity contribution in [3.8, 4) is 0 Å². The van der Waals surface area contributed by atoms with Gasteiger partial charge >= 0.3 is 0 Å². The first kappa shape index (κ1) is 12.4. The summed E-state index contributed by atoms with van der Waals surface area (Å²) in [5.41, 5.74) is 7.68. The van der Waals surface area contributed by atoms with Crippen molar-refractivity contribution in [2.45, 2.75) is 32.7 Å². The number of rotatable bonds is 3. The van der Waals surface area contributed by atoms with E-state index in [1.807, 2.05) is 19.2 Å². The van der Waals surface area contributed by atoms with E-state index >= 15 is 0 Å². The van der Waals surface area contributed by atoms with E-state index in [2.05, 4.69) is 23.3 Å². The minimum absolute atomic E-state index is 0.367. The summed E-state index contributed by atoms with van der Waals surface area (Å²) in [6, 6.07) is 0.367. The molecule has 0 spiro atoms. The number of aromatic nitrogens is 1. The SMILES string of the molecule is Cc1nc(C(N)=O)sc1C1=CC(C2(C)CC2)NC=C1. The molecule has 1 amide bonds. The third kappa shape index (κ3) is 2.18. The molecule has 3 N–H and O–H groups in total. The van der Waals surface area contributed by atoms with Crippen LogP contribution in [-0.2, 0) is 0 Å². The lowest BCUT2D eigenvalue weighted by Gasteiger charge is -2.24. The van der Waals surface area contributed by atoms with Gasteiger partial charge in [0.25, 0.3) is 5.91 Å². The summed E-state index contributed by atoms with van der Waals surface area (Å²) in [7, 11) is 0. The quantitative estimate of drug-likeness (QED) is 0.888. The average molecular weight is 275 g/mol. The van der Waals surface area contributed by atoms with Crippen LogP contribution < -0.4 is 11.1 Å². The fraction of sp³-hybridized carbons (Fsp3) is 0.429. The Hall–Kier alpha value is -1.62. The first-order chi connectivity index (χ1) is 8.99. The second kappa shape index (κ2) is 4.20. The average Bonchev–Trinajstić information content (AvgIpc) is 3.01. The largest absolute Gasteiger partial charge is 0.384 e. The van der Waals surface area contributed by atoms with Gasteiger partial charge in [-0.3, -0.25) is 4.79 Å². The topological polar surface area (TPSA) is 68.0 Å². The number of nitrogens with one attached hydrogen (secondary N) is 1. The molecule has 4 nitrogen and oxygen atoms in total. The molecule has 19 heavy (non-hydrogen) atoms. The Bertz CT molecular complexity index is 596. The van der Waals surface area contributed by atoms with Crippen LogP contribution in [0.1, 0.15) is 40.1 Å². The fourth-order valence-electron chi connectivity index (χ4n) is 2.36. The zero-order valence-electron chi connectivity index (χ0n) is 11.1. The Morgan fingerprint density at radius 3 is 2.89 bits per heavy atom. The lowest BCUT2D eigenvalue weighted by Crippen LogP contribution is -2.32. The van der Waals surface area contributed by atoms with Crippen LogP contribution in [0.2, 0.25) is 0 Å². The molecule has 1 saturated carbocycles. The molecule has 0 bridgehead atoms. The van der Waals surface area contributed by atoms with Gasteiger partial charge in [0.05, 0.1) is 16.6 Å². The van der Waals surface area contributed by atoms with Crippen molar-refractivity contribution in [1.29, 1.82) is 0 Å². The van der Waals surface area contributed by atoms with Gasteiger partial charge in [0.15, 0.2) is 5.01 Å². The molecule has 2 heterocycles.